The highest BCUT2D eigenvalue weighted by atomic mass is 32.2. The monoisotopic (exact) mass is 271 g/mol. The number of nitrogens with one attached hydrogen (secondary N) is 1. The number of phenolic OH excluding ortho intramolecular Hbond substituents is 1. The molecule has 0 amide bonds. The lowest BCUT2D eigenvalue weighted by molar-refractivity contribution is 0.184. The molecule has 1 aliphatic heterocycles. The van der Waals surface area contributed by atoms with E-state index >= 15 is 0 Å². The predicted molar refractivity (Wildman–Crippen MR) is 66.8 cm³/mol. The Morgan fingerprint density at radius 2 is 2.06 bits per heavy atom. The summed E-state index contributed by atoms with van der Waals surface area (Å²) in [5, 5.41) is 9.11. The second-order valence-corrected chi connectivity index (χ2v) is 6.18. The molecule has 1 saturated heterocycles. The summed E-state index contributed by atoms with van der Waals surface area (Å²) in [4.78, 5) is 0.169. The number of aromatic hydroxyl groups is 1. The Bertz CT molecular complexity index is 477. The fraction of sp³-hybridized carbons (Fsp3) is 0.500. The average molecular weight is 271 g/mol. The van der Waals surface area contributed by atoms with Crippen molar-refractivity contribution in [2.24, 2.45) is 5.92 Å². The van der Waals surface area contributed by atoms with E-state index < -0.39 is 10.0 Å². The molecular weight excluding hydrogens is 254 g/mol. The van der Waals surface area contributed by atoms with Crippen LogP contribution in [0.25, 0.3) is 0 Å². The van der Waals surface area contributed by atoms with Crippen molar-refractivity contribution in [3.63, 3.8) is 0 Å². The Morgan fingerprint density at radius 3 is 2.67 bits per heavy atom. The van der Waals surface area contributed by atoms with Crippen molar-refractivity contribution in [1.29, 1.82) is 0 Å². The maximum Gasteiger partial charge on any atom is 0.240 e. The van der Waals surface area contributed by atoms with Crippen LogP contribution in [0, 0.1) is 5.92 Å². The smallest absolute Gasteiger partial charge is 0.240 e. The molecule has 2 N–H and O–H groups in total. The minimum atomic E-state index is -3.47. The number of hydrogen-bond acceptors (Lipinski definition) is 4. The third-order valence-electron chi connectivity index (χ3n) is 3.02. The van der Waals surface area contributed by atoms with Crippen LogP contribution in [-0.2, 0) is 14.8 Å². The molecule has 1 fully saturated rings. The normalized spacial score (nSPS) is 20.1. The van der Waals surface area contributed by atoms with Gasteiger partial charge in [-0.25, -0.2) is 13.1 Å². The van der Waals surface area contributed by atoms with Gasteiger partial charge in [0.2, 0.25) is 10.0 Å². The van der Waals surface area contributed by atoms with Gasteiger partial charge in [-0.2, -0.15) is 0 Å². The van der Waals surface area contributed by atoms with E-state index in [9.17, 15) is 8.42 Å². The number of phenols is 1. The molecule has 0 radical (unpaired) electrons. The third kappa shape index (κ3) is 3.44. The summed E-state index contributed by atoms with van der Waals surface area (Å²) in [6.07, 6.45) is 1.79. The fourth-order valence-electron chi connectivity index (χ4n) is 1.92. The van der Waals surface area contributed by atoms with Crippen molar-refractivity contribution < 1.29 is 18.3 Å². The van der Waals surface area contributed by atoms with E-state index in [1.54, 1.807) is 0 Å². The van der Waals surface area contributed by atoms with Gasteiger partial charge < -0.3 is 9.84 Å². The lowest BCUT2D eigenvalue weighted by Gasteiger charge is -2.09. The number of rotatable bonds is 5. The summed E-state index contributed by atoms with van der Waals surface area (Å²) in [6, 6.07) is 5.49. The molecule has 1 unspecified atom stereocenters. The van der Waals surface area contributed by atoms with Crippen LogP contribution in [-0.4, -0.2) is 33.3 Å². The summed E-state index contributed by atoms with van der Waals surface area (Å²) in [7, 11) is -3.47. The maximum absolute atomic E-state index is 11.9. The lowest BCUT2D eigenvalue weighted by Crippen LogP contribution is -2.26. The first-order chi connectivity index (χ1) is 8.58. The Labute approximate surface area is 107 Å². The van der Waals surface area contributed by atoms with E-state index in [2.05, 4.69) is 4.72 Å². The minimum absolute atomic E-state index is 0.0528. The van der Waals surface area contributed by atoms with Crippen LogP contribution in [0.3, 0.4) is 0 Å². The highest BCUT2D eigenvalue weighted by molar-refractivity contribution is 7.89. The van der Waals surface area contributed by atoms with E-state index in [4.69, 9.17) is 9.84 Å². The van der Waals surface area contributed by atoms with E-state index in [1.165, 1.54) is 24.3 Å². The van der Waals surface area contributed by atoms with Crippen molar-refractivity contribution in [3.8, 4) is 5.75 Å². The molecule has 1 aliphatic rings. The molecule has 1 aromatic carbocycles. The van der Waals surface area contributed by atoms with Crippen molar-refractivity contribution >= 4 is 10.0 Å². The van der Waals surface area contributed by atoms with Crippen LogP contribution in [0.4, 0.5) is 0 Å². The molecule has 1 aromatic rings. The Morgan fingerprint density at radius 1 is 1.33 bits per heavy atom. The lowest BCUT2D eigenvalue weighted by atomic mass is 10.1. The summed E-state index contributed by atoms with van der Waals surface area (Å²) >= 11 is 0. The van der Waals surface area contributed by atoms with Crippen molar-refractivity contribution in [1.82, 2.24) is 4.72 Å². The molecule has 5 nitrogen and oxygen atoms in total. The van der Waals surface area contributed by atoms with Gasteiger partial charge in [-0.1, -0.05) is 0 Å². The molecule has 100 valence electrons. The van der Waals surface area contributed by atoms with Crippen LogP contribution in [0.15, 0.2) is 29.2 Å². The molecule has 0 spiro atoms. The van der Waals surface area contributed by atoms with Crippen LogP contribution >= 0.6 is 0 Å². The molecule has 0 bridgehead atoms. The zero-order valence-corrected chi connectivity index (χ0v) is 10.8. The highest BCUT2D eigenvalue weighted by Crippen LogP contribution is 2.17. The zero-order valence-electron chi connectivity index (χ0n) is 10.0. The fourth-order valence-corrected chi connectivity index (χ4v) is 2.96. The first-order valence-electron chi connectivity index (χ1n) is 5.94. The third-order valence-corrected chi connectivity index (χ3v) is 4.49. The van der Waals surface area contributed by atoms with Crippen LogP contribution < -0.4 is 4.72 Å². The Balaban J connectivity index is 1.88. The van der Waals surface area contributed by atoms with E-state index in [0.717, 1.165) is 26.1 Å². The minimum Gasteiger partial charge on any atom is -0.508 e. The summed E-state index contributed by atoms with van der Waals surface area (Å²) in [5.41, 5.74) is 0. The summed E-state index contributed by atoms with van der Waals surface area (Å²) in [6.45, 7) is 1.91. The molecule has 0 aromatic heterocycles. The zero-order chi connectivity index (χ0) is 13.0. The first kappa shape index (κ1) is 13.3. The molecule has 2 rings (SSSR count). The summed E-state index contributed by atoms with van der Waals surface area (Å²) < 4.78 is 31.6. The van der Waals surface area contributed by atoms with E-state index in [1.807, 2.05) is 0 Å². The number of hydrogen-bond donors (Lipinski definition) is 2. The largest absolute Gasteiger partial charge is 0.508 e. The SMILES string of the molecule is O=S(=O)(NCCC1CCOC1)c1ccc(O)cc1. The molecule has 6 heteroatoms. The van der Waals surface area contributed by atoms with Gasteiger partial charge in [0, 0.05) is 19.8 Å². The molecular formula is C12H17NO4S. The standard InChI is InChI=1S/C12H17NO4S/c14-11-1-3-12(4-2-11)18(15,16)13-7-5-10-6-8-17-9-10/h1-4,10,13-14H,5-9H2. The number of ether oxygens (including phenoxy) is 1. The van der Waals surface area contributed by atoms with Crippen molar-refractivity contribution in [3.05, 3.63) is 24.3 Å². The topological polar surface area (TPSA) is 75.6 Å². The Kier molecular flexibility index (Phi) is 4.21. The van der Waals surface area contributed by atoms with Crippen LogP contribution in [0.2, 0.25) is 0 Å². The van der Waals surface area contributed by atoms with Gasteiger partial charge in [-0.05, 0) is 43.0 Å². The van der Waals surface area contributed by atoms with Crippen molar-refractivity contribution in [2.45, 2.75) is 17.7 Å². The first-order valence-corrected chi connectivity index (χ1v) is 7.43. The maximum atomic E-state index is 11.9. The number of benzene rings is 1. The average Bonchev–Trinajstić information content (AvgIpc) is 2.82. The van der Waals surface area contributed by atoms with Gasteiger partial charge in [0.25, 0.3) is 0 Å². The van der Waals surface area contributed by atoms with Gasteiger partial charge in [0.1, 0.15) is 5.75 Å². The molecule has 0 aliphatic carbocycles. The quantitative estimate of drug-likeness (QED) is 0.841. The van der Waals surface area contributed by atoms with Gasteiger partial charge in [-0.3, -0.25) is 0 Å². The van der Waals surface area contributed by atoms with Gasteiger partial charge >= 0.3 is 0 Å². The molecule has 18 heavy (non-hydrogen) atoms. The van der Waals surface area contributed by atoms with E-state index in [0.29, 0.717) is 12.5 Å². The summed E-state index contributed by atoms with van der Waals surface area (Å²) in [5.74, 6) is 0.504. The second kappa shape index (κ2) is 5.69. The van der Waals surface area contributed by atoms with Gasteiger partial charge in [-0.15, -0.1) is 0 Å². The highest BCUT2D eigenvalue weighted by Gasteiger charge is 2.18. The molecule has 1 atom stereocenters. The number of sulfonamides is 1. The van der Waals surface area contributed by atoms with Crippen LogP contribution in [0.1, 0.15) is 12.8 Å². The van der Waals surface area contributed by atoms with Gasteiger partial charge in [0.15, 0.2) is 0 Å². The Hall–Kier alpha value is -1.11. The van der Waals surface area contributed by atoms with Crippen LogP contribution in [0.5, 0.6) is 5.75 Å². The second-order valence-electron chi connectivity index (χ2n) is 4.41. The van der Waals surface area contributed by atoms with Crippen molar-refractivity contribution in [2.75, 3.05) is 19.8 Å². The van der Waals surface area contributed by atoms with E-state index in [-0.39, 0.29) is 10.6 Å². The predicted octanol–water partition coefficient (Wildman–Crippen LogP) is 1.10. The molecule has 0 saturated carbocycles. The van der Waals surface area contributed by atoms with Gasteiger partial charge in [0.05, 0.1) is 4.90 Å². The molecule has 1 heterocycles.